The van der Waals surface area contributed by atoms with Crippen molar-refractivity contribution >= 4 is 23.4 Å². The van der Waals surface area contributed by atoms with Gasteiger partial charge in [-0.2, -0.15) is 0 Å². The van der Waals surface area contributed by atoms with Crippen molar-refractivity contribution in [3.63, 3.8) is 0 Å². The number of nitro groups is 1. The first-order chi connectivity index (χ1) is 14.4. The number of rotatable bonds is 10. The molecule has 2 aromatic carbocycles. The standard InChI is InChI=1S/C22H25NO6S/c1-15(9-8-12-20(24)28-3)22(30-17-10-6-5-7-11-17)18-13-16(27-2)14-19(23(25)26)21(18)29-4/h5-11,13-15,22H,12H2,1-4H3/b9-8+/t15-,22+/m1/s1. The zero-order valence-corrected chi connectivity index (χ0v) is 18.2. The minimum atomic E-state index is -0.479. The van der Waals surface area contributed by atoms with Gasteiger partial charge in [0.25, 0.3) is 0 Å². The first-order valence-electron chi connectivity index (χ1n) is 9.26. The molecule has 2 aromatic rings. The molecule has 0 radical (unpaired) electrons. The van der Waals surface area contributed by atoms with Crippen molar-refractivity contribution in [2.75, 3.05) is 21.3 Å². The molecular formula is C22H25NO6S. The SMILES string of the molecule is COC(=O)C/C=C/[C@@H](C)[C@H](Sc1ccccc1)c1cc(OC)cc([N+](=O)[O-])c1OC. The van der Waals surface area contributed by atoms with Crippen LogP contribution in [0.3, 0.4) is 0 Å². The zero-order valence-electron chi connectivity index (χ0n) is 17.4. The van der Waals surface area contributed by atoms with E-state index in [1.165, 1.54) is 27.4 Å². The number of hydrogen-bond acceptors (Lipinski definition) is 7. The van der Waals surface area contributed by atoms with Crippen LogP contribution in [0.4, 0.5) is 5.69 Å². The highest BCUT2D eigenvalue weighted by atomic mass is 32.2. The Morgan fingerprint density at radius 3 is 2.43 bits per heavy atom. The summed E-state index contributed by atoms with van der Waals surface area (Å²) in [5.41, 5.74) is 0.490. The molecule has 2 atom stereocenters. The molecule has 0 fully saturated rings. The van der Waals surface area contributed by atoms with Gasteiger partial charge in [-0.05, 0) is 24.1 Å². The maximum atomic E-state index is 11.6. The molecule has 0 bridgehead atoms. The lowest BCUT2D eigenvalue weighted by molar-refractivity contribution is -0.385. The molecule has 30 heavy (non-hydrogen) atoms. The van der Waals surface area contributed by atoms with Crippen LogP contribution in [0.2, 0.25) is 0 Å². The topological polar surface area (TPSA) is 87.9 Å². The maximum absolute atomic E-state index is 11.6. The van der Waals surface area contributed by atoms with E-state index in [9.17, 15) is 14.9 Å². The van der Waals surface area contributed by atoms with E-state index in [4.69, 9.17) is 9.47 Å². The lowest BCUT2D eigenvalue weighted by atomic mass is 9.97. The Bertz CT molecular complexity index is 900. The second-order valence-corrected chi connectivity index (χ2v) is 7.66. The fourth-order valence-electron chi connectivity index (χ4n) is 2.96. The molecule has 0 heterocycles. The number of allylic oxidation sites excluding steroid dienone is 1. The normalized spacial score (nSPS) is 12.9. The number of methoxy groups -OCH3 is 3. The molecular weight excluding hydrogens is 406 g/mol. The maximum Gasteiger partial charge on any atom is 0.314 e. The quantitative estimate of drug-likeness (QED) is 0.168. The number of benzene rings is 2. The third kappa shape index (κ3) is 6.00. The Morgan fingerprint density at radius 2 is 1.87 bits per heavy atom. The molecule has 8 heteroatoms. The van der Waals surface area contributed by atoms with E-state index < -0.39 is 4.92 Å². The summed E-state index contributed by atoms with van der Waals surface area (Å²) in [5, 5.41) is 11.4. The van der Waals surface area contributed by atoms with Crippen LogP contribution in [0.25, 0.3) is 0 Å². The Labute approximate surface area is 180 Å². The van der Waals surface area contributed by atoms with Gasteiger partial charge in [-0.3, -0.25) is 14.9 Å². The van der Waals surface area contributed by atoms with Gasteiger partial charge in [0.05, 0.1) is 38.7 Å². The van der Waals surface area contributed by atoms with Gasteiger partial charge in [-0.25, -0.2) is 0 Å². The lowest BCUT2D eigenvalue weighted by Gasteiger charge is -2.24. The number of ether oxygens (including phenoxy) is 3. The minimum Gasteiger partial charge on any atom is -0.496 e. The predicted molar refractivity (Wildman–Crippen MR) is 116 cm³/mol. The fraction of sp³-hybridized carbons (Fsp3) is 0.318. The van der Waals surface area contributed by atoms with Gasteiger partial charge in [0.2, 0.25) is 5.75 Å². The molecule has 0 unspecified atom stereocenters. The van der Waals surface area contributed by atoms with Gasteiger partial charge >= 0.3 is 11.7 Å². The molecule has 0 saturated heterocycles. The van der Waals surface area contributed by atoms with Crippen LogP contribution in [0.1, 0.15) is 24.2 Å². The van der Waals surface area contributed by atoms with E-state index >= 15 is 0 Å². The smallest absolute Gasteiger partial charge is 0.314 e. The van der Waals surface area contributed by atoms with Gasteiger partial charge in [0, 0.05) is 15.7 Å². The average Bonchev–Trinajstić information content (AvgIpc) is 2.76. The van der Waals surface area contributed by atoms with Crippen LogP contribution in [0.15, 0.2) is 59.5 Å². The second-order valence-electron chi connectivity index (χ2n) is 6.45. The largest absolute Gasteiger partial charge is 0.496 e. The molecule has 0 aromatic heterocycles. The van der Waals surface area contributed by atoms with Crippen molar-refractivity contribution in [1.29, 1.82) is 0 Å². The van der Waals surface area contributed by atoms with Crippen LogP contribution in [0, 0.1) is 16.0 Å². The van der Waals surface area contributed by atoms with Crippen molar-refractivity contribution < 1.29 is 23.9 Å². The molecule has 0 amide bonds. The number of nitrogens with zero attached hydrogens (tertiary/aromatic N) is 1. The molecule has 0 saturated carbocycles. The summed E-state index contributed by atoms with van der Waals surface area (Å²) in [6.45, 7) is 1.99. The summed E-state index contributed by atoms with van der Waals surface area (Å²) in [7, 11) is 4.22. The number of carbonyl (C=O) groups is 1. The summed E-state index contributed by atoms with van der Waals surface area (Å²) < 4.78 is 15.4. The number of esters is 1. The summed E-state index contributed by atoms with van der Waals surface area (Å²) in [5.74, 6) is 0.158. The number of carbonyl (C=O) groups excluding carboxylic acids is 1. The molecule has 0 aliphatic rings. The van der Waals surface area contributed by atoms with Crippen molar-refractivity contribution in [2.24, 2.45) is 5.92 Å². The lowest BCUT2D eigenvalue weighted by Crippen LogP contribution is -2.09. The number of nitro benzene ring substituents is 1. The van der Waals surface area contributed by atoms with Gasteiger partial charge < -0.3 is 14.2 Å². The third-order valence-corrected chi connectivity index (χ3v) is 5.93. The highest BCUT2D eigenvalue weighted by molar-refractivity contribution is 7.99. The highest BCUT2D eigenvalue weighted by Crippen LogP contribution is 2.48. The first kappa shape index (κ1) is 23.3. The molecule has 2 rings (SSSR count). The van der Waals surface area contributed by atoms with E-state index in [0.717, 1.165) is 4.90 Å². The summed E-state index contributed by atoms with van der Waals surface area (Å²) >= 11 is 1.56. The fourth-order valence-corrected chi connectivity index (χ4v) is 4.17. The van der Waals surface area contributed by atoms with E-state index in [2.05, 4.69) is 4.74 Å². The summed E-state index contributed by atoms with van der Waals surface area (Å²) in [6.07, 6.45) is 3.80. The molecule has 0 spiro atoms. The minimum absolute atomic E-state index is 0.0829. The Balaban J connectivity index is 2.53. The molecule has 0 aliphatic carbocycles. The number of thioether (sulfide) groups is 1. The van der Waals surface area contributed by atoms with Crippen molar-refractivity contribution in [2.45, 2.75) is 23.5 Å². The Hall–Kier alpha value is -3.00. The van der Waals surface area contributed by atoms with Crippen LogP contribution in [-0.4, -0.2) is 32.2 Å². The average molecular weight is 432 g/mol. The van der Waals surface area contributed by atoms with Crippen LogP contribution >= 0.6 is 11.8 Å². The van der Waals surface area contributed by atoms with E-state index in [-0.39, 0.29) is 35.0 Å². The van der Waals surface area contributed by atoms with Gasteiger partial charge in [0.15, 0.2) is 0 Å². The summed E-state index contributed by atoms with van der Waals surface area (Å²) in [6, 6.07) is 12.9. The third-order valence-electron chi connectivity index (χ3n) is 4.45. The van der Waals surface area contributed by atoms with Gasteiger partial charge in [-0.1, -0.05) is 37.3 Å². The Morgan fingerprint density at radius 1 is 1.17 bits per heavy atom. The molecule has 0 aliphatic heterocycles. The van der Waals surface area contributed by atoms with Gasteiger partial charge in [0.1, 0.15) is 5.75 Å². The van der Waals surface area contributed by atoms with E-state index in [1.54, 1.807) is 23.9 Å². The van der Waals surface area contributed by atoms with Gasteiger partial charge in [-0.15, -0.1) is 11.8 Å². The number of hydrogen-bond donors (Lipinski definition) is 0. The Kier molecular flexibility index (Phi) is 8.73. The van der Waals surface area contributed by atoms with E-state index in [0.29, 0.717) is 11.3 Å². The van der Waals surface area contributed by atoms with Crippen LogP contribution in [-0.2, 0) is 9.53 Å². The first-order valence-corrected chi connectivity index (χ1v) is 10.1. The van der Waals surface area contributed by atoms with Crippen molar-refractivity contribution in [1.82, 2.24) is 0 Å². The van der Waals surface area contributed by atoms with E-state index in [1.807, 2.05) is 43.3 Å². The molecule has 160 valence electrons. The van der Waals surface area contributed by atoms with Crippen LogP contribution < -0.4 is 9.47 Å². The summed E-state index contributed by atoms with van der Waals surface area (Å²) in [4.78, 5) is 23.6. The monoisotopic (exact) mass is 431 g/mol. The molecule has 0 N–H and O–H groups in total. The highest BCUT2D eigenvalue weighted by Gasteiger charge is 2.29. The zero-order chi connectivity index (χ0) is 22.1. The predicted octanol–water partition coefficient (Wildman–Crippen LogP) is 5.20. The second kappa shape index (κ2) is 11.3. The molecule has 7 nitrogen and oxygen atoms in total. The van der Waals surface area contributed by atoms with Crippen LogP contribution in [0.5, 0.6) is 11.5 Å². The van der Waals surface area contributed by atoms with Crippen molar-refractivity contribution in [3.8, 4) is 11.5 Å². The van der Waals surface area contributed by atoms with Crippen molar-refractivity contribution in [3.05, 3.63) is 70.3 Å².